The highest BCUT2D eigenvalue weighted by Gasteiger charge is 2.22. The van der Waals surface area contributed by atoms with Gasteiger partial charge in [0.15, 0.2) is 23.3 Å². The summed E-state index contributed by atoms with van der Waals surface area (Å²) in [5, 5.41) is 52.8. The maximum absolute atomic E-state index is 13.1. The number of hydrogen-bond acceptors (Lipinski definition) is 27. The van der Waals surface area contributed by atoms with Crippen molar-refractivity contribution in [3.8, 4) is 46.1 Å². The van der Waals surface area contributed by atoms with Crippen LogP contribution in [0.3, 0.4) is 0 Å². The van der Waals surface area contributed by atoms with Crippen LogP contribution >= 0.6 is 35.1 Å². The molecule has 0 unspecified atom stereocenters. The lowest BCUT2D eigenvalue weighted by atomic mass is 10.2. The fraction of sp³-hybridized carbons (Fsp3) is 0.165. The third-order valence-electron chi connectivity index (χ3n) is 18.0. The predicted molar refractivity (Wildman–Crippen MR) is 525 cm³/mol. The summed E-state index contributed by atoms with van der Waals surface area (Å²) < 4.78 is 71.2. The number of nitrogens with one attached hydrogen (secondary N) is 9. The number of amides is 8. The number of nitrogens with two attached hydrogens (primary N) is 1. The molecule has 11 N–H and O–H groups in total. The van der Waals surface area contributed by atoms with Gasteiger partial charge in [-0.05, 0) is 170 Å². The third-order valence-corrected chi connectivity index (χ3v) is 22.1. The molecule has 0 atom stereocenters. The minimum Gasteiger partial charge on any atom is -0.399 e. The van der Waals surface area contributed by atoms with E-state index in [2.05, 4.69) is 165 Å². The van der Waals surface area contributed by atoms with Crippen LogP contribution in [0.2, 0.25) is 0 Å². The normalized spacial score (nSPS) is 10.7. The molecule has 16 aromatic rings. The van der Waals surface area contributed by atoms with Crippen molar-refractivity contribution in [1.82, 2.24) is 98.9 Å². The molecule has 696 valence electrons. The molecule has 0 radical (unpaired) electrons. The Morgan fingerprint density at radius 2 is 0.696 bits per heavy atom. The molecule has 0 aliphatic carbocycles. The van der Waals surface area contributed by atoms with Gasteiger partial charge >= 0.3 is 24.1 Å². The lowest BCUT2D eigenvalue weighted by Crippen LogP contribution is -2.21. The van der Waals surface area contributed by atoms with Crippen LogP contribution < -0.4 is 53.0 Å². The van der Waals surface area contributed by atoms with Gasteiger partial charge in [0.25, 0.3) is 19.1 Å². The van der Waals surface area contributed by atoms with E-state index in [1.807, 2.05) is 165 Å². The van der Waals surface area contributed by atoms with E-state index in [-0.39, 0.29) is 70.5 Å². The molecule has 0 bridgehead atoms. The largest absolute Gasteiger partial charge is 0.399 e. The van der Waals surface area contributed by atoms with E-state index < -0.39 is 49.0 Å². The van der Waals surface area contributed by atoms with Gasteiger partial charge in [-0.3, -0.25) is 47.3 Å². The van der Waals surface area contributed by atoms with Crippen molar-refractivity contribution < 1.29 is 40.4 Å². The van der Waals surface area contributed by atoms with Gasteiger partial charge < -0.3 is 24.0 Å². The number of nitrogen functional groups attached to an aromatic ring is 1. The molecule has 0 fully saturated rings. The lowest BCUT2D eigenvalue weighted by Gasteiger charge is -2.11. The molecule has 44 heteroatoms. The number of pyridine rings is 8. The minimum atomic E-state index is -3.93. The fourth-order valence-electron chi connectivity index (χ4n) is 11.6. The quantitative estimate of drug-likeness (QED) is 0.0116. The number of sulfonamides is 1. The van der Waals surface area contributed by atoms with Crippen LogP contribution in [0.25, 0.3) is 46.1 Å². The number of para-hydroxylation sites is 2. The first-order valence-corrected chi connectivity index (χ1v) is 46.3. The zero-order valence-corrected chi connectivity index (χ0v) is 77.3. The molecule has 4 aromatic carbocycles. The van der Waals surface area contributed by atoms with E-state index in [9.17, 15) is 40.4 Å². The molecule has 0 saturated heterocycles. The van der Waals surface area contributed by atoms with E-state index >= 15 is 0 Å². The number of benzene rings is 4. The maximum atomic E-state index is 13.1. The van der Waals surface area contributed by atoms with E-state index in [4.69, 9.17) is 16.4 Å². The highest BCUT2D eigenvalue weighted by Crippen LogP contribution is 2.29. The standard InChI is InChI=1S/C23H23N7OS.C22H22N8O3S.C16H16ClN7O3S.C16H16FN7O.C7H8S.C6H7N.CH4/c1-16(2)30-15-25-29-22(30)19-9-6-10-20(26-19)27-23(31)28-21-13-18(11-12-24-21)32-14-17-7-4-3-5-8-17;1-15(2)30-14-24-28-21(30)18-9-6-10-19(25-18)26-22(31)27-20-13-17(11-12-23-20)34(32,33)29-16-7-4-3-5-8-16;1-10(2)24-9-19-23-15(24)12-4-3-5-13(20-12)21-16(25)22-14-8-11(6-7-18-14)28(17,26)27;1-10(2)24-9-19-23-15(24)12-4-3-5-13(20-12)21-16(25)22-14-8-11(17)6-7-18-14;8-6-7-4-2-1-3-5-7;7-6-4-2-1-3-5-6;/h3-13,15-16H,14H2,1-2H3,(H2,24,26,27,28,31);3-15,29H,1-2H3,(H2,23,25,26,27,31);3-10H,1-2H3,(H2,18,20,21,22,25);3-10H,1-2H3,(H2,18,20,21,22,25);1-5,8H,6H2;1-5H,7H2;1H4. The molecule has 135 heavy (non-hydrogen) atoms. The summed E-state index contributed by atoms with van der Waals surface area (Å²) >= 11 is 5.79. The number of carbonyl (C=O) groups excluding carboxylic acids is 4. The van der Waals surface area contributed by atoms with Gasteiger partial charge in [-0.25, -0.2) is 80.3 Å². The summed E-state index contributed by atoms with van der Waals surface area (Å²) in [6.07, 6.45) is 12.0. The number of hydrogen-bond donors (Lipinski definition) is 11. The number of aromatic nitrogens is 20. The SMILES string of the molecule is C.CC(C)n1cnnc1-c1cccc(NC(=O)Nc2cc(F)ccn2)n1.CC(C)n1cnnc1-c1cccc(NC(=O)Nc2cc(S(=O)(=O)Cl)ccn2)n1.CC(C)n1cnnc1-c1cccc(NC(=O)Nc2cc(S(=O)(=O)Nc3ccccc3)ccn2)n1.CC(C)n1cnnc1-c1cccc(NC(=O)Nc2cc(SCc3ccccc3)ccn2)n1.Nc1ccccc1.SCc1ccccc1. The summed E-state index contributed by atoms with van der Waals surface area (Å²) in [7, 11) is -2.50. The number of rotatable bonds is 24. The summed E-state index contributed by atoms with van der Waals surface area (Å²) in [4.78, 5) is 83.7. The zero-order valence-electron chi connectivity index (χ0n) is 73.2. The second-order valence-corrected chi connectivity index (χ2v) is 34.9. The van der Waals surface area contributed by atoms with Gasteiger partial charge in [0.1, 0.15) is 100 Å². The molecule has 12 heterocycles. The van der Waals surface area contributed by atoms with Gasteiger partial charge in [0.05, 0.1) is 9.79 Å². The second kappa shape index (κ2) is 50.0. The van der Waals surface area contributed by atoms with Crippen molar-refractivity contribution >= 4 is 136 Å². The number of halogens is 2. The first kappa shape index (κ1) is 101. The monoisotopic (exact) mass is 1920 g/mol. The number of anilines is 10. The molecule has 0 spiro atoms. The Hall–Kier alpha value is -15.9. The minimum absolute atomic E-state index is 0. The Bertz CT molecular complexity index is 6790. The Kier molecular flexibility index (Phi) is 37.5. The van der Waals surface area contributed by atoms with Crippen molar-refractivity contribution in [3.63, 3.8) is 0 Å². The van der Waals surface area contributed by atoms with Crippen LogP contribution in [0.5, 0.6) is 0 Å². The first-order valence-electron chi connectivity index (χ1n) is 40.9. The van der Waals surface area contributed by atoms with Crippen LogP contribution in [-0.4, -0.2) is 140 Å². The van der Waals surface area contributed by atoms with Crippen LogP contribution in [0.15, 0.2) is 307 Å². The Labute approximate surface area is 792 Å². The number of thioether (sulfide) groups is 1. The highest BCUT2D eigenvalue weighted by atomic mass is 35.7. The summed E-state index contributed by atoms with van der Waals surface area (Å²) in [6.45, 7) is 16.1. The van der Waals surface area contributed by atoms with Crippen molar-refractivity contribution in [2.45, 2.75) is 113 Å². The number of nitrogens with zero attached hydrogens (tertiary/aromatic N) is 20. The smallest absolute Gasteiger partial charge is 0.326 e. The van der Waals surface area contributed by atoms with Crippen molar-refractivity contribution in [2.75, 3.05) is 53.0 Å². The highest BCUT2D eigenvalue weighted by molar-refractivity contribution is 8.13. The van der Waals surface area contributed by atoms with E-state index in [0.717, 1.165) is 34.2 Å². The van der Waals surface area contributed by atoms with Crippen molar-refractivity contribution in [3.05, 3.63) is 310 Å². The van der Waals surface area contributed by atoms with E-state index in [1.54, 1.807) is 134 Å². The Morgan fingerprint density at radius 1 is 0.385 bits per heavy atom. The lowest BCUT2D eigenvalue weighted by molar-refractivity contribution is 0.261. The first-order chi connectivity index (χ1) is 64.5. The fourth-order valence-corrected chi connectivity index (χ4v) is 14.5. The second-order valence-electron chi connectivity index (χ2n) is 29.3. The van der Waals surface area contributed by atoms with Crippen LogP contribution in [-0.2, 0) is 30.6 Å². The van der Waals surface area contributed by atoms with Crippen molar-refractivity contribution in [2.24, 2.45) is 0 Å². The average molecular weight is 1920 g/mol. The predicted octanol–water partition coefficient (Wildman–Crippen LogP) is 19.0. The average Bonchev–Trinajstić information content (AvgIpc) is 1.80. The summed E-state index contributed by atoms with van der Waals surface area (Å²) in [6, 6.07) is 68.5. The number of carbonyl (C=O) groups is 4. The summed E-state index contributed by atoms with van der Waals surface area (Å²) in [5.74, 6) is 5.52. The Morgan fingerprint density at radius 3 is 1.03 bits per heavy atom. The molecule has 38 nitrogen and oxygen atoms in total. The van der Waals surface area contributed by atoms with Crippen LogP contribution in [0, 0.1) is 5.82 Å². The summed E-state index contributed by atoms with van der Waals surface area (Å²) in [5.41, 5.74) is 11.4. The van der Waals surface area contributed by atoms with Crippen molar-refractivity contribution in [1.29, 1.82) is 0 Å². The van der Waals surface area contributed by atoms with E-state index in [0.29, 0.717) is 69.2 Å². The third kappa shape index (κ3) is 31.7. The molecule has 0 aliphatic heterocycles. The van der Waals surface area contributed by atoms with Gasteiger partial charge in [-0.2, -0.15) is 12.6 Å². The molecule has 0 saturated carbocycles. The van der Waals surface area contributed by atoms with E-state index in [1.165, 1.54) is 54.0 Å². The van der Waals surface area contributed by atoms with Gasteiger partial charge in [0, 0.05) is 106 Å². The van der Waals surface area contributed by atoms with Gasteiger partial charge in [0.2, 0.25) is 0 Å². The van der Waals surface area contributed by atoms with Crippen LogP contribution in [0.1, 0.15) is 98.1 Å². The molecular formula is C91H96ClFN30O8S4. The molecule has 0 aliphatic rings. The maximum Gasteiger partial charge on any atom is 0.326 e. The topological polar surface area (TPSA) is 497 Å². The van der Waals surface area contributed by atoms with Gasteiger partial charge in [-0.15, -0.1) is 52.6 Å². The molecule has 12 aromatic heterocycles. The molecule has 8 amide bonds. The molecular weight excluding hydrogens is 1820 g/mol. The van der Waals surface area contributed by atoms with Crippen LogP contribution in [0.4, 0.5) is 81.5 Å². The van der Waals surface area contributed by atoms with Gasteiger partial charge in [-0.1, -0.05) is 129 Å². The zero-order chi connectivity index (χ0) is 95.5. The molecule has 16 rings (SSSR count). The number of thiol groups is 1. The number of urea groups is 4. The Balaban J connectivity index is 0.000000177.